The average molecular weight is 206 g/mol. The molecule has 78 valence electrons. The molecule has 0 aromatic carbocycles. The van der Waals surface area contributed by atoms with Gasteiger partial charge in [0.15, 0.2) is 5.69 Å². The van der Waals surface area contributed by atoms with Gasteiger partial charge in [0.05, 0.1) is 18.3 Å². The van der Waals surface area contributed by atoms with E-state index < -0.39 is 5.97 Å². The minimum absolute atomic E-state index is 0.0550. The fraction of sp³-hybridized carbons (Fsp3) is 0.200. The van der Waals surface area contributed by atoms with Crippen molar-refractivity contribution in [2.45, 2.75) is 6.92 Å². The summed E-state index contributed by atoms with van der Waals surface area (Å²) in [6.07, 6.45) is 1.55. The van der Waals surface area contributed by atoms with Crippen molar-refractivity contribution in [1.29, 1.82) is 0 Å². The van der Waals surface area contributed by atoms with Gasteiger partial charge < -0.3 is 9.84 Å². The van der Waals surface area contributed by atoms with Crippen LogP contribution >= 0.6 is 0 Å². The van der Waals surface area contributed by atoms with E-state index in [4.69, 9.17) is 4.74 Å². The largest absolute Gasteiger partial charge is 0.505 e. The Morgan fingerprint density at radius 1 is 1.53 bits per heavy atom. The van der Waals surface area contributed by atoms with Crippen molar-refractivity contribution in [3.05, 3.63) is 30.1 Å². The van der Waals surface area contributed by atoms with Gasteiger partial charge in [-0.05, 0) is 25.1 Å². The first-order valence-electron chi connectivity index (χ1n) is 4.57. The Hall–Kier alpha value is -2.04. The van der Waals surface area contributed by atoms with Crippen LogP contribution in [-0.2, 0) is 4.74 Å². The Balaban J connectivity index is 2.61. The molecule has 0 amide bonds. The lowest BCUT2D eigenvalue weighted by molar-refractivity contribution is 0.0512. The summed E-state index contributed by atoms with van der Waals surface area (Å²) in [4.78, 5) is 11.5. The second-order valence-corrected chi connectivity index (χ2v) is 2.96. The van der Waals surface area contributed by atoms with Gasteiger partial charge in [0.25, 0.3) is 0 Å². The molecule has 5 nitrogen and oxygen atoms in total. The van der Waals surface area contributed by atoms with E-state index in [1.165, 1.54) is 10.6 Å². The molecule has 2 aromatic rings. The monoisotopic (exact) mass is 206 g/mol. The molecule has 0 fully saturated rings. The SMILES string of the molecule is CCOC(=O)c1c(O)ccc2ccnn12. The molecule has 0 saturated carbocycles. The first-order valence-corrected chi connectivity index (χ1v) is 4.57. The summed E-state index contributed by atoms with van der Waals surface area (Å²) >= 11 is 0. The summed E-state index contributed by atoms with van der Waals surface area (Å²) in [5.74, 6) is -0.714. The van der Waals surface area contributed by atoms with Crippen LogP contribution in [-0.4, -0.2) is 27.3 Å². The van der Waals surface area contributed by atoms with E-state index in [1.807, 2.05) is 0 Å². The van der Waals surface area contributed by atoms with Crippen LogP contribution in [0, 0.1) is 0 Å². The maximum absolute atomic E-state index is 11.5. The molecule has 0 atom stereocenters. The Labute approximate surface area is 85.9 Å². The summed E-state index contributed by atoms with van der Waals surface area (Å²) < 4.78 is 6.18. The Morgan fingerprint density at radius 3 is 3.07 bits per heavy atom. The molecular formula is C10H10N2O3. The summed E-state index contributed by atoms with van der Waals surface area (Å²) in [7, 11) is 0. The molecule has 1 N–H and O–H groups in total. The molecule has 2 aromatic heterocycles. The zero-order chi connectivity index (χ0) is 10.8. The fourth-order valence-electron chi connectivity index (χ4n) is 1.37. The van der Waals surface area contributed by atoms with E-state index in [-0.39, 0.29) is 18.1 Å². The van der Waals surface area contributed by atoms with Crippen molar-refractivity contribution in [2.75, 3.05) is 6.61 Å². The molecule has 0 saturated heterocycles. The molecular weight excluding hydrogens is 196 g/mol. The molecule has 0 aliphatic carbocycles. The normalized spacial score (nSPS) is 10.5. The number of hydrogen-bond acceptors (Lipinski definition) is 4. The van der Waals surface area contributed by atoms with Gasteiger partial charge in [0, 0.05) is 0 Å². The van der Waals surface area contributed by atoms with Crippen LogP contribution in [0.3, 0.4) is 0 Å². The van der Waals surface area contributed by atoms with E-state index in [0.717, 1.165) is 5.52 Å². The van der Waals surface area contributed by atoms with Crippen molar-refractivity contribution in [3.8, 4) is 5.75 Å². The van der Waals surface area contributed by atoms with E-state index in [9.17, 15) is 9.90 Å². The van der Waals surface area contributed by atoms with Crippen molar-refractivity contribution in [2.24, 2.45) is 0 Å². The number of aromatic hydroxyl groups is 1. The molecule has 0 spiro atoms. The van der Waals surface area contributed by atoms with Crippen LogP contribution in [0.25, 0.3) is 5.52 Å². The average Bonchev–Trinajstić information content (AvgIpc) is 2.65. The highest BCUT2D eigenvalue weighted by atomic mass is 16.5. The molecule has 0 aliphatic rings. The number of aromatic nitrogens is 2. The zero-order valence-electron chi connectivity index (χ0n) is 8.17. The molecule has 5 heteroatoms. The highest BCUT2D eigenvalue weighted by Gasteiger charge is 2.16. The van der Waals surface area contributed by atoms with E-state index in [0.29, 0.717) is 0 Å². The predicted octanol–water partition coefficient (Wildman–Crippen LogP) is 1.22. The molecule has 2 rings (SSSR count). The summed E-state index contributed by atoms with van der Waals surface area (Å²) in [5, 5.41) is 13.5. The van der Waals surface area contributed by atoms with Gasteiger partial charge in [-0.15, -0.1) is 0 Å². The highest BCUT2D eigenvalue weighted by Crippen LogP contribution is 2.19. The van der Waals surface area contributed by atoms with Crippen LogP contribution in [0.1, 0.15) is 17.4 Å². The smallest absolute Gasteiger partial charge is 0.360 e. The highest BCUT2D eigenvalue weighted by molar-refractivity contribution is 5.91. The number of esters is 1. The molecule has 15 heavy (non-hydrogen) atoms. The number of rotatable bonds is 2. The molecule has 2 heterocycles. The lowest BCUT2D eigenvalue weighted by Crippen LogP contribution is -2.11. The minimum atomic E-state index is -0.579. The van der Waals surface area contributed by atoms with Gasteiger partial charge in [0.1, 0.15) is 5.75 Å². The molecule has 0 aliphatic heterocycles. The molecule has 0 unspecified atom stereocenters. The first kappa shape index (κ1) is 9.51. The van der Waals surface area contributed by atoms with E-state index in [2.05, 4.69) is 5.10 Å². The summed E-state index contributed by atoms with van der Waals surface area (Å²) in [5.41, 5.74) is 0.787. The standard InChI is InChI=1S/C10H10N2O3/c1-2-15-10(14)9-8(13)4-3-7-5-6-11-12(7)9/h3-6,13H,2H2,1H3. The van der Waals surface area contributed by atoms with Gasteiger partial charge in [-0.2, -0.15) is 5.10 Å². The number of pyridine rings is 1. The summed E-state index contributed by atoms with van der Waals surface area (Å²) in [6.45, 7) is 1.97. The van der Waals surface area contributed by atoms with Crippen LogP contribution in [0.2, 0.25) is 0 Å². The second-order valence-electron chi connectivity index (χ2n) is 2.96. The van der Waals surface area contributed by atoms with E-state index >= 15 is 0 Å². The van der Waals surface area contributed by atoms with Crippen LogP contribution in [0.5, 0.6) is 5.75 Å². The third-order valence-corrected chi connectivity index (χ3v) is 2.01. The zero-order valence-corrected chi connectivity index (χ0v) is 8.17. The third kappa shape index (κ3) is 1.52. The number of hydrogen-bond donors (Lipinski definition) is 1. The topological polar surface area (TPSA) is 63.8 Å². The predicted molar refractivity (Wildman–Crippen MR) is 52.8 cm³/mol. The fourth-order valence-corrected chi connectivity index (χ4v) is 1.37. The van der Waals surface area contributed by atoms with Gasteiger partial charge in [-0.25, -0.2) is 9.31 Å². The Morgan fingerprint density at radius 2 is 2.33 bits per heavy atom. The van der Waals surface area contributed by atoms with Gasteiger partial charge in [-0.3, -0.25) is 0 Å². The number of carbonyl (C=O) groups is 1. The van der Waals surface area contributed by atoms with Crippen molar-refractivity contribution < 1.29 is 14.6 Å². The number of nitrogens with zero attached hydrogens (tertiary/aromatic N) is 2. The van der Waals surface area contributed by atoms with E-state index in [1.54, 1.807) is 25.3 Å². The molecule has 0 bridgehead atoms. The van der Waals surface area contributed by atoms with Gasteiger partial charge in [0.2, 0.25) is 0 Å². The lowest BCUT2D eigenvalue weighted by atomic mass is 10.3. The number of carbonyl (C=O) groups excluding carboxylic acids is 1. The number of fused-ring (bicyclic) bond motifs is 1. The first-order chi connectivity index (χ1) is 7.24. The van der Waals surface area contributed by atoms with Crippen molar-refractivity contribution in [3.63, 3.8) is 0 Å². The minimum Gasteiger partial charge on any atom is -0.505 e. The molecule has 0 radical (unpaired) electrons. The van der Waals surface area contributed by atoms with Crippen LogP contribution in [0.15, 0.2) is 24.4 Å². The third-order valence-electron chi connectivity index (χ3n) is 2.01. The number of ether oxygens (including phenoxy) is 1. The maximum Gasteiger partial charge on any atom is 0.360 e. The van der Waals surface area contributed by atoms with Crippen LogP contribution in [0.4, 0.5) is 0 Å². The summed E-state index contributed by atoms with van der Waals surface area (Å²) in [6, 6.07) is 4.86. The van der Waals surface area contributed by atoms with Crippen molar-refractivity contribution >= 4 is 11.5 Å². The van der Waals surface area contributed by atoms with Crippen molar-refractivity contribution in [1.82, 2.24) is 9.61 Å². The lowest BCUT2D eigenvalue weighted by Gasteiger charge is -2.06. The Bertz CT molecular complexity index is 504. The van der Waals surface area contributed by atoms with Gasteiger partial charge in [-0.1, -0.05) is 0 Å². The second kappa shape index (κ2) is 3.61. The maximum atomic E-state index is 11.5. The Kier molecular flexibility index (Phi) is 2.29. The van der Waals surface area contributed by atoms with Crippen LogP contribution < -0.4 is 0 Å². The quantitative estimate of drug-likeness (QED) is 0.750. The van der Waals surface area contributed by atoms with Gasteiger partial charge >= 0.3 is 5.97 Å².